The summed E-state index contributed by atoms with van der Waals surface area (Å²) < 4.78 is 0. The van der Waals surface area contributed by atoms with E-state index in [9.17, 15) is 5.11 Å². The lowest BCUT2D eigenvalue weighted by Gasteiger charge is -1.97. The highest BCUT2D eigenvalue weighted by molar-refractivity contribution is 7.15. The Morgan fingerprint density at radius 3 is 3.06 bits per heavy atom. The minimum atomic E-state index is 0.0465. The van der Waals surface area contributed by atoms with E-state index in [0.717, 1.165) is 32.2 Å². The highest BCUT2D eigenvalue weighted by atomic mass is 32.1. The molecule has 3 heterocycles. The topological polar surface area (TPSA) is 61.8 Å². The Hall–Kier alpha value is -1.72. The predicted octanol–water partition coefficient (Wildman–Crippen LogP) is 2.49. The summed E-state index contributed by atoms with van der Waals surface area (Å²) in [5.41, 5.74) is 2.82. The summed E-state index contributed by atoms with van der Waals surface area (Å²) >= 11 is 1.53. The number of aliphatic hydroxyl groups excluding tert-OH is 1. The van der Waals surface area contributed by atoms with Crippen LogP contribution >= 0.6 is 11.3 Å². The Morgan fingerprint density at radius 2 is 2.29 bits per heavy atom. The van der Waals surface area contributed by atoms with Gasteiger partial charge in [-0.25, -0.2) is 9.97 Å². The fraction of sp³-hybridized carbons (Fsp3) is 0.167. The first-order valence-electron chi connectivity index (χ1n) is 5.29. The highest BCUT2D eigenvalue weighted by Crippen LogP contribution is 2.32. The zero-order valence-corrected chi connectivity index (χ0v) is 10.1. The number of hydrogen-bond acceptors (Lipinski definition) is 4. The van der Waals surface area contributed by atoms with E-state index >= 15 is 0 Å². The monoisotopic (exact) mass is 245 g/mol. The summed E-state index contributed by atoms with van der Waals surface area (Å²) in [6.45, 7) is 1.96. The zero-order chi connectivity index (χ0) is 11.8. The maximum Gasteiger partial charge on any atom is 0.137 e. The lowest BCUT2D eigenvalue weighted by molar-refractivity contribution is 0.284. The van der Waals surface area contributed by atoms with E-state index in [1.54, 1.807) is 6.20 Å². The van der Waals surface area contributed by atoms with Gasteiger partial charge in [-0.2, -0.15) is 0 Å². The lowest BCUT2D eigenvalue weighted by Crippen LogP contribution is -1.82. The number of thiazole rings is 1. The van der Waals surface area contributed by atoms with E-state index in [2.05, 4.69) is 15.0 Å². The van der Waals surface area contributed by atoms with Gasteiger partial charge in [0.05, 0.1) is 17.2 Å². The van der Waals surface area contributed by atoms with Crippen molar-refractivity contribution in [2.24, 2.45) is 0 Å². The summed E-state index contributed by atoms with van der Waals surface area (Å²) in [7, 11) is 0. The van der Waals surface area contributed by atoms with Gasteiger partial charge in [-0.15, -0.1) is 11.3 Å². The Bertz CT molecular complexity index is 671. The Labute approximate surface area is 102 Å². The summed E-state index contributed by atoms with van der Waals surface area (Å²) in [5.74, 6) is 0. The highest BCUT2D eigenvalue weighted by Gasteiger charge is 2.11. The van der Waals surface area contributed by atoms with E-state index in [1.165, 1.54) is 11.3 Å². The number of aliphatic hydroxyl groups is 1. The van der Waals surface area contributed by atoms with Crippen molar-refractivity contribution in [1.82, 2.24) is 15.0 Å². The van der Waals surface area contributed by atoms with E-state index < -0.39 is 0 Å². The second-order valence-electron chi connectivity index (χ2n) is 3.78. The number of nitrogens with one attached hydrogen (secondary N) is 1. The largest absolute Gasteiger partial charge is 0.391 e. The van der Waals surface area contributed by atoms with Gasteiger partial charge in [0.1, 0.15) is 10.7 Å². The molecule has 0 unspecified atom stereocenters. The van der Waals surface area contributed by atoms with Gasteiger partial charge in [0.25, 0.3) is 0 Å². The first-order valence-corrected chi connectivity index (χ1v) is 6.11. The maximum absolute atomic E-state index is 9.20. The number of aromatic nitrogens is 3. The molecule has 0 amide bonds. The Morgan fingerprint density at radius 1 is 1.41 bits per heavy atom. The number of rotatable bonds is 2. The van der Waals surface area contributed by atoms with Crippen molar-refractivity contribution in [2.45, 2.75) is 13.5 Å². The summed E-state index contributed by atoms with van der Waals surface area (Å²) in [5, 5.41) is 11.2. The molecule has 0 aliphatic carbocycles. The molecule has 3 aromatic rings. The average molecular weight is 245 g/mol. The molecule has 0 saturated heterocycles. The standard InChI is InChI=1S/C12H11N3OS/c1-7-10(6-16)17-12(15-7)9-3-5-14-11-8(9)2-4-13-11/h2-5,16H,6H2,1H3,(H,13,14). The fourth-order valence-electron chi connectivity index (χ4n) is 1.84. The average Bonchev–Trinajstić information content (AvgIpc) is 2.94. The molecule has 0 aliphatic heterocycles. The molecule has 4 nitrogen and oxygen atoms in total. The molecule has 0 aliphatic rings. The number of hydrogen-bond donors (Lipinski definition) is 2. The van der Waals surface area contributed by atoms with Gasteiger partial charge in [0, 0.05) is 23.3 Å². The normalized spacial score (nSPS) is 11.2. The molecule has 3 aromatic heterocycles. The van der Waals surface area contributed by atoms with Crippen LogP contribution in [-0.4, -0.2) is 20.1 Å². The number of nitrogens with zero attached hydrogens (tertiary/aromatic N) is 2. The van der Waals surface area contributed by atoms with Gasteiger partial charge in [-0.3, -0.25) is 0 Å². The van der Waals surface area contributed by atoms with Crippen LogP contribution in [0.2, 0.25) is 0 Å². The van der Waals surface area contributed by atoms with Crippen LogP contribution in [0.3, 0.4) is 0 Å². The molecule has 0 aromatic carbocycles. The van der Waals surface area contributed by atoms with Gasteiger partial charge in [0.15, 0.2) is 0 Å². The third kappa shape index (κ3) is 1.64. The van der Waals surface area contributed by atoms with Crippen molar-refractivity contribution >= 4 is 22.4 Å². The predicted molar refractivity (Wildman–Crippen MR) is 67.9 cm³/mol. The Kier molecular flexibility index (Phi) is 2.42. The molecule has 17 heavy (non-hydrogen) atoms. The van der Waals surface area contributed by atoms with Gasteiger partial charge in [-0.1, -0.05) is 0 Å². The molecule has 0 fully saturated rings. The Balaban J connectivity index is 2.23. The number of aromatic amines is 1. The van der Waals surface area contributed by atoms with E-state index in [0.29, 0.717) is 0 Å². The van der Waals surface area contributed by atoms with Crippen molar-refractivity contribution in [3.63, 3.8) is 0 Å². The van der Waals surface area contributed by atoms with Crippen molar-refractivity contribution in [3.8, 4) is 10.6 Å². The molecule has 5 heteroatoms. The van der Waals surface area contributed by atoms with Crippen molar-refractivity contribution in [3.05, 3.63) is 35.1 Å². The molecule has 0 spiro atoms. The van der Waals surface area contributed by atoms with E-state index in [4.69, 9.17) is 0 Å². The fourth-order valence-corrected chi connectivity index (χ4v) is 2.80. The van der Waals surface area contributed by atoms with Crippen LogP contribution in [0.25, 0.3) is 21.6 Å². The molecule has 86 valence electrons. The number of H-pyrrole nitrogens is 1. The number of fused-ring (bicyclic) bond motifs is 1. The molecule has 3 rings (SSSR count). The van der Waals surface area contributed by atoms with Crippen molar-refractivity contribution in [1.29, 1.82) is 0 Å². The van der Waals surface area contributed by atoms with Crippen LogP contribution in [0.1, 0.15) is 10.6 Å². The quantitative estimate of drug-likeness (QED) is 0.729. The smallest absolute Gasteiger partial charge is 0.137 e. The summed E-state index contributed by atoms with van der Waals surface area (Å²) in [6.07, 6.45) is 3.64. The van der Waals surface area contributed by atoms with Crippen molar-refractivity contribution in [2.75, 3.05) is 0 Å². The minimum Gasteiger partial charge on any atom is -0.391 e. The molecule has 2 N–H and O–H groups in total. The maximum atomic E-state index is 9.20. The minimum absolute atomic E-state index is 0.0465. The van der Waals surface area contributed by atoms with Crippen LogP contribution < -0.4 is 0 Å². The van der Waals surface area contributed by atoms with Crippen molar-refractivity contribution < 1.29 is 5.11 Å². The molecular weight excluding hydrogens is 234 g/mol. The van der Waals surface area contributed by atoms with Gasteiger partial charge in [-0.05, 0) is 19.1 Å². The lowest BCUT2D eigenvalue weighted by atomic mass is 10.2. The van der Waals surface area contributed by atoms with E-state index in [-0.39, 0.29) is 6.61 Å². The number of pyridine rings is 1. The summed E-state index contributed by atoms with van der Waals surface area (Å²) in [6, 6.07) is 3.95. The molecule has 0 bridgehead atoms. The molecule has 0 radical (unpaired) electrons. The first-order chi connectivity index (χ1) is 8.29. The van der Waals surface area contributed by atoms with Crippen LogP contribution in [0.15, 0.2) is 24.5 Å². The molecule has 0 atom stereocenters. The van der Waals surface area contributed by atoms with E-state index in [1.807, 2.05) is 25.3 Å². The van der Waals surface area contributed by atoms with Gasteiger partial charge < -0.3 is 10.1 Å². The first kappa shape index (κ1) is 10.4. The third-order valence-electron chi connectivity index (χ3n) is 2.73. The van der Waals surface area contributed by atoms with Gasteiger partial charge in [0.2, 0.25) is 0 Å². The van der Waals surface area contributed by atoms with Crippen LogP contribution in [0, 0.1) is 6.92 Å². The van der Waals surface area contributed by atoms with Crippen LogP contribution in [0.5, 0.6) is 0 Å². The van der Waals surface area contributed by atoms with Gasteiger partial charge >= 0.3 is 0 Å². The zero-order valence-electron chi connectivity index (χ0n) is 9.27. The van der Waals surface area contributed by atoms with Crippen LogP contribution in [-0.2, 0) is 6.61 Å². The second-order valence-corrected chi connectivity index (χ2v) is 4.87. The third-order valence-corrected chi connectivity index (χ3v) is 3.90. The summed E-state index contributed by atoms with van der Waals surface area (Å²) in [4.78, 5) is 12.7. The molecular formula is C12H11N3OS. The SMILES string of the molecule is Cc1nc(-c2ccnc3[nH]ccc23)sc1CO. The number of aryl methyl sites for hydroxylation is 1. The molecule has 0 saturated carbocycles. The second kappa shape index (κ2) is 3.94. The van der Waals surface area contributed by atoms with Crippen LogP contribution in [0.4, 0.5) is 0 Å².